The largest absolute Gasteiger partial charge is 0.497 e. The predicted octanol–water partition coefficient (Wildman–Crippen LogP) is 3.05. The van der Waals surface area contributed by atoms with Crippen LogP contribution in [0.15, 0.2) is 42.5 Å². The van der Waals surface area contributed by atoms with Gasteiger partial charge in [-0.2, -0.15) is 0 Å². The number of amides is 1. The molecule has 2 aromatic carbocycles. The Morgan fingerprint density at radius 2 is 1.83 bits per heavy atom. The van der Waals surface area contributed by atoms with Crippen LogP contribution in [0.2, 0.25) is 0 Å². The standard InChI is InChI=1S/C19H23NO3/c1-14-7-8-16(11-15(14)2)12-19(21)20-9-10-23-18-6-4-5-17(13-18)22-3/h4-8,11,13H,9-10,12H2,1-3H3,(H,20,21). The van der Waals surface area contributed by atoms with Gasteiger partial charge in [0.2, 0.25) is 5.91 Å². The van der Waals surface area contributed by atoms with Gasteiger partial charge >= 0.3 is 0 Å². The summed E-state index contributed by atoms with van der Waals surface area (Å²) in [5.74, 6) is 1.48. The highest BCUT2D eigenvalue weighted by atomic mass is 16.5. The van der Waals surface area contributed by atoms with Gasteiger partial charge in [-0.3, -0.25) is 4.79 Å². The van der Waals surface area contributed by atoms with E-state index in [9.17, 15) is 4.79 Å². The number of hydrogen-bond donors (Lipinski definition) is 1. The van der Waals surface area contributed by atoms with Crippen LogP contribution >= 0.6 is 0 Å². The minimum atomic E-state index is 0.00231. The number of hydrogen-bond acceptors (Lipinski definition) is 3. The summed E-state index contributed by atoms with van der Waals surface area (Å²) >= 11 is 0. The monoisotopic (exact) mass is 313 g/mol. The molecule has 2 rings (SSSR count). The van der Waals surface area contributed by atoms with Gasteiger partial charge in [0.15, 0.2) is 0 Å². The molecular weight excluding hydrogens is 290 g/mol. The second-order valence-electron chi connectivity index (χ2n) is 5.47. The minimum absolute atomic E-state index is 0.00231. The van der Waals surface area contributed by atoms with E-state index >= 15 is 0 Å². The van der Waals surface area contributed by atoms with Crippen molar-refractivity contribution in [3.8, 4) is 11.5 Å². The average molecular weight is 313 g/mol. The molecule has 0 fully saturated rings. The van der Waals surface area contributed by atoms with Crippen molar-refractivity contribution in [2.24, 2.45) is 0 Å². The van der Waals surface area contributed by atoms with Crippen LogP contribution in [0, 0.1) is 13.8 Å². The van der Waals surface area contributed by atoms with Crippen LogP contribution < -0.4 is 14.8 Å². The summed E-state index contributed by atoms with van der Waals surface area (Å²) in [6, 6.07) is 13.5. The zero-order valence-corrected chi connectivity index (χ0v) is 13.9. The zero-order chi connectivity index (χ0) is 16.7. The predicted molar refractivity (Wildman–Crippen MR) is 91.1 cm³/mol. The highest BCUT2D eigenvalue weighted by Crippen LogP contribution is 2.18. The molecule has 23 heavy (non-hydrogen) atoms. The lowest BCUT2D eigenvalue weighted by Crippen LogP contribution is -2.29. The molecule has 122 valence electrons. The molecule has 0 saturated carbocycles. The minimum Gasteiger partial charge on any atom is -0.497 e. The first-order valence-corrected chi connectivity index (χ1v) is 7.68. The summed E-state index contributed by atoms with van der Waals surface area (Å²) in [6.07, 6.45) is 0.389. The Labute approximate surface area is 137 Å². The molecule has 0 unspecified atom stereocenters. The van der Waals surface area contributed by atoms with E-state index in [1.165, 1.54) is 11.1 Å². The van der Waals surface area contributed by atoms with Crippen molar-refractivity contribution in [1.29, 1.82) is 0 Å². The first-order valence-electron chi connectivity index (χ1n) is 7.68. The summed E-state index contributed by atoms with van der Waals surface area (Å²) in [7, 11) is 1.62. The Balaban J connectivity index is 1.73. The van der Waals surface area contributed by atoms with Gasteiger partial charge in [0.1, 0.15) is 18.1 Å². The molecule has 0 atom stereocenters. The van der Waals surface area contributed by atoms with Crippen molar-refractivity contribution in [3.63, 3.8) is 0 Å². The number of carbonyl (C=O) groups is 1. The Kier molecular flexibility index (Phi) is 6.03. The summed E-state index contributed by atoms with van der Waals surface area (Å²) in [5, 5.41) is 2.87. The highest BCUT2D eigenvalue weighted by molar-refractivity contribution is 5.78. The van der Waals surface area contributed by atoms with E-state index in [0.29, 0.717) is 19.6 Å². The molecule has 0 radical (unpaired) electrons. The maximum atomic E-state index is 11.9. The Morgan fingerprint density at radius 3 is 2.57 bits per heavy atom. The first kappa shape index (κ1) is 16.9. The molecule has 0 aliphatic rings. The average Bonchev–Trinajstić information content (AvgIpc) is 2.55. The fourth-order valence-electron chi connectivity index (χ4n) is 2.21. The summed E-state index contributed by atoms with van der Waals surface area (Å²) in [6.45, 7) is 5.01. The fraction of sp³-hybridized carbons (Fsp3) is 0.316. The SMILES string of the molecule is COc1cccc(OCCNC(=O)Cc2ccc(C)c(C)c2)c1. The van der Waals surface area contributed by atoms with E-state index in [-0.39, 0.29) is 5.91 Å². The summed E-state index contributed by atoms with van der Waals surface area (Å²) in [4.78, 5) is 11.9. The number of carbonyl (C=O) groups excluding carboxylic acids is 1. The Hall–Kier alpha value is -2.49. The van der Waals surface area contributed by atoms with Crippen LogP contribution in [-0.2, 0) is 11.2 Å². The van der Waals surface area contributed by atoms with E-state index in [0.717, 1.165) is 17.1 Å². The van der Waals surface area contributed by atoms with Crippen LogP contribution in [0.3, 0.4) is 0 Å². The van der Waals surface area contributed by atoms with Gasteiger partial charge in [-0.15, -0.1) is 0 Å². The second kappa shape index (κ2) is 8.22. The molecule has 4 nitrogen and oxygen atoms in total. The molecule has 1 N–H and O–H groups in total. The lowest BCUT2D eigenvalue weighted by molar-refractivity contribution is -0.120. The van der Waals surface area contributed by atoms with Crippen molar-refractivity contribution in [1.82, 2.24) is 5.32 Å². The van der Waals surface area contributed by atoms with Crippen LogP contribution in [0.5, 0.6) is 11.5 Å². The van der Waals surface area contributed by atoms with Crippen molar-refractivity contribution in [3.05, 3.63) is 59.2 Å². The molecule has 4 heteroatoms. The van der Waals surface area contributed by atoms with Gasteiger partial charge in [-0.25, -0.2) is 0 Å². The Morgan fingerprint density at radius 1 is 1.04 bits per heavy atom. The molecule has 0 heterocycles. The maximum Gasteiger partial charge on any atom is 0.224 e. The molecular formula is C19H23NO3. The van der Waals surface area contributed by atoms with Gasteiger partial charge in [-0.05, 0) is 42.7 Å². The third-order valence-electron chi connectivity index (χ3n) is 3.67. The van der Waals surface area contributed by atoms with Gasteiger partial charge in [0.05, 0.1) is 20.1 Å². The smallest absolute Gasteiger partial charge is 0.224 e. The van der Waals surface area contributed by atoms with Gasteiger partial charge in [0.25, 0.3) is 0 Å². The fourth-order valence-corrected chi connectivity index (χ4v) is 2.21. The topological polar surface area (TPSA) is 47.6 Å². The van der Waals surface area contributed by atoms with Gasteiger partial charge in [-0.1, -0.05) is 24.3 Å². The summed E-state index contributed by atoms with van der Waals surface area (Å²) in [5.41, 5.74) is 3.47. The number of rotatable bonds is 7. The number of aryl methyl sites for hydroxylation is 2. The zero-order valence-electron chi connectivity index (χ0n) is 13.9. The number of nitrogens with one attached hydrogen (secondary N) is 1. The molecule has 0 aliphatic heterocycles. The van der Waals surface area contributed by atoms with E-state index in [1.54, 1.807) is 7.11 Å². The maximum absolute atomic E-state index is 11.9. The molecule has 0 saturated heterocycles. The van der Waals surface area contributed by atoms with Crippen molar-refractivity contribution in [2.75, 3.05) is 20.3 Å². The third-order valence-corrected chi connectivity index (χ3v) is 3.67. The lowest BCUT2D eigenvalue weighted by atomic mass is 10.0. The van der Waals surface area contributed by atoms with E-state index in [2.05, 4.69) is 25.2 Å². The second-order valence-corrected chi connectivity index (χ2v) is 5.47. The first-order chi connectivity index (χ1) is 11.1. The summed E-state index contributed by atoms with van der Waals surface area (Å²) < 4.78 is 10.7. The molecule has 0 aromatic heterocycles. The highest BCUT2D eigenvalue weighted by Gasteiger charge is 2.04. The number of methoxy groups -OCH3 is 1. The molecule has 1 amide bonds. The third kappa shape index (κ3) is 5.33. The molecule has 0 spiro atoms. The van der Waals surface area contributed by atoms with E-state index < -0.39 is 0 Å². The van der Waals surface area contributed by atoms with Gasteiger partial charge < -0.3 is 14.8 Å². The molecule has 0 aliphatic carbocycles. The van der Waals surface area contributed by atoms with Crippen molar-refractivity contribution < 1.29 is 14.3 Å². The van der Waals surface area contributed by atoms with Crippen molar-refractivity contribution >= 4 is 5.91 Å². The normalized spacial score (nSPS) is 10.2. The lowest BCUT2D eigenvalue weighted by Gasteiger charge is -2.09. The number of ether oxygens (including phenoxy) is 2. The number of benzene rings is 2. The molecule has 2 aromatic rings. The quantitative estimate of drug-likeness (QED) is 0.799. The van der Waals surface area contributed by atoms with Crippen LogP contribution in [0.1, 0.15) is 16.7 Å². The Bertz CT molecular complexity index is 667. The van der Waals surface area contributed by atoms with Crippen LogP contribution in [-0.4, -0.2) is 26.2 Å². The van der Waals surface area contributed by atoms with Crippen LogP contribution in [0.25, 0.3) is 0 Å². The van der Waals surface area contributed by atoms with Crippen molar-refractivity contribution in [2.45, 2.75) is 20.3 Å². The van der Waals surface area contributed by atoms with E-state index in [1.807, 2.05) is 36.4 Å². The van der Waals surface area contributed by atoms with Gasteiger partial charge in [0, 0.05) is 6.07 Å². The van der Waals surface area contributed by atoms with Crippen LogP contribution in [0.4, 0.5) is 0 Å². The molecule has 0 bridgehead atoms. The van der Waals surface area contributed by atoms with E-state index in [4.69, 9.17) is 9.47 Å².